The number of rotatable bonds is 60. The predicted molar refractivity (Wildman–Crippen MR) is 351 cm³/mol. The highest BCUT2D eigenvalue weighted by Gasteiger charge is 2.22. The molecule has 0 aromatic carbocycles. The summed E-state index contributed by atoms with van der Waals surface area (Å²) in [6, 6.07) is 0. The number of carbonyl (C=O) groups excluding carboxylic acids is 2. The fourth-order valence-corrected chi connectivity index (χ4v) is 9.68. The number of unbranched alkanes of at least 4 members (excludes halogenated alkanes) is 26. The third-order valence-corrected chi connectivity index (χ3v) is 14.9. The van der Waals surface area contributed by atoms with Gasteiger partial charge in [0, 0.05) is 12.8 Å². The largest absolute Gasteiger partial charge is 0.756 e. The molecular formula is C72H124NO8P. The maximum atomic E-state index is 12.9. The van der Waals surface area contributed by atoms with Gasteiger partial charge in [-0.2, -0.15) is 0 Å². The zero-order valence-corrected chi connectivity index (χ0v) is 54.3. The summed E-state index contributed by atoms with van der Waals surface area (Å²) in [5.74, 6) is -0.838. The maximum Gasteiger partial charge on any atom is 0.306 e. The standard InChI is InChI=1S/C72H124NO8P/c1-6-8-10-12-14-16-18-20-22-24-26-28-30-32-34-36-38-40-42-44-46-48-50-52-54-56-58-60-62-64-71(74)78-68-70(69-80-82(76,77)79-67-66-73(3,4)5)81-72(75)65-63-61-59-57-55-53-51-49-47-45-43-41-39-37-35-33-31-29-27-25-23-21-19-17-15-13-11-9-7-2/h8-11,14-17,20-23,26-29,33,35,39,41,70H,6-7,12-13,18-19,24-25,30-32,34,36-38,40,42-69H2,1-5H3/b10-8-,11-9-,16-14-,17-15-,22-20-,23-21-,28-26-,29-27-,35-33-,41-39-. The van der Waals surface area contributed by atoms with Gasteiger partial charge in [-0.3, -0.25) is 14.2 Å². The molecule has 0 rings (SSSR count). The molecule has 0 aliphatic heterocycles. The Kier molecular flexibility index (Phi) is 59.2. The zero-order valence-electron chi connectivity index (χ0n) is 53.4. The number of hydrogen-bond donors (Lipinski definition) is 0. The van der Waals surface area contributed by atoms with Gasteiger partial charge < -0.3 is 27.9 Å². The van der Waals surface area contributed by atoms with Crippen LogP contribution in [-0.2, 0) is 32.7 Å². The lowest BCUT2D eigenvalue weighted by Gasteiger charge is -2.28. The highest BCUT2D eigenvalue weighted by atomic mass is 31.2. The van der Waals surface area contributed by atoms with Gasteiger partial charge in [0.05, 0.1) is 27.7 Å². The number of nitrogens with zero attached hydrogens (tertiary/aromatic N) is 1. The number of allylic oxidation sites excluding steroid dienone is 20. The van der Waals surface area contributed by atoms with E-state index in [0.717, 1.165) is 109 Å². The van der Waals surface area contributed by atoms with E-state index in [1.54, 1.807) is 0 Å². The van der Waals surface area contributed by atoms with Crippen molar-refractivity contribution in [3.63, 3.8) is 0 Å². The summed E-state index contributed by atoms with van der Waals surface area (Å²) in [5, 5.41) is 0. The van der Waals surface area contributed by atoms with Crippen molar-refractivity contribution in [2.24, 2.45) is 0 Å². The molecule has 0 saturated heterocycles. The molecule has 0 aliphatic rings. The first-order valence-electron chi connectivity index (χ1n) is 33.2. The Morgan fingerprint density at radius 3 is 0.976 bits per heavy atom. The molecule has 0 radical (unpaired) electrons. The predicted octanol–water partition coefficient (Wildman–Crippen LogP) is 20.9. The molecular weight excluding hydrogens is 1040 g/mol. The van der Waals surface area contributed by atoms with Gasteiger partial charge in [-0.1, -0.05) is 277 Å². The van der Waals surface area contributed by atoms with E-state index in [9.17, 15) is 19.0 Å². The van der Waals surface area contributed by atoms with Crippen LogP contribution in [0.1, 0.15) is 271 Å². The lowest BCUT2D eigenvalue weighted by Crippen LogP contribution is -2.37. The van der Waals surface area contributed by atoms with Crippen LogP contribution >= 0.6 is 7.82 Å². The molecule has 82 heavy (non-hydrogen) atoms. The van der Waals surface area contributed by atoms with E-state index >= 15 is 0 Å². The molecule has 10 heteroatoms. The average Bonchev–Trinajstić information content (AvgIpc) is 3.45. The monoisotopic (exact) mass is 1160 g/mol. The van der Waals surface area contributed by atoms with Gasteiger partial charge in [-0.05, 0) is 103 Å². The number of ether oxygens (including phenoxy) is 2. The van der Waals surface area contributed by atoms with E-state index < -0.39 is 26.5 Å². The summed E-state index contributed by atoms with van der Waals surface area (Å²) in [5.41, 5.74) is 0. The second kappa shape index (κ2) is 62.0. The Balaban J connectivity index is 4.10. The molecule has 0 saturated carbocycles. The molecule has 0 fully saturated rings. The fourth-order valence-electron chi connectivity index (χ4n) is 8.95. The van der Waals surface area contributed by atoms with Gasteiger partial charge in [-0.15, -0.1) is 0 Å². The van der Waals surface area contributed by atoms with E-state index in [2.05, 4.69) is 135 Å². The van der Waals surface area contributed by atoms with Gasteiger partial charge in [0.1, 0.15) is 19.8 Å². The highest BCUT2D eigenvalue weighted by molar-refractivity contribution is 7.45. The Labute approximate surface area is 505 Å². The van der Waals surface area contributed by atoms with Crippen molar-refractivity contribution in [1.82, 2.24) is 0 Å². The fraction of sp³-hybridized carbons (Fsp3) is 0.694. The van der Waals surface area contributed by atoms with Crippen molar-refractivity contribution in [3.05, 3.63) is 122 Å². The minimum Gasteiger partial charge on any atom is -0.756 e. The molecule has 0 heterocycles. The van der Waals surface area contributed by atoms with E-state index in [1.807, 2.05) is 21.1 Å². The topological polar surface area (TPSA) is 111 Å². The Morgan fingerprint density at radius 1 is 0.378 bits per heavy atom. The average molecular weight is 1160 g/mol. The number of quaternary nitrogens is 1. The molecule has 0 spiro atoms. The molecule has 2 unspecified atom stereocenters. The number of likely N-dealkylation sites (N-methyl/N-ethyl adjacent to an activating group) is 1. The summed E-state index contributed by atoms with van der Waals surface area (Å²) >= 11 is 0. The number of carbonyl (C=O) groups is 2. The van der Waals surface area contributed by atoms with Crippen LogP contribution in [0.4, 0.5) is 0 Å². The second-order valence-corrected chi connectivity index (χ2v) is 24.5. The Hall–Kier alpha value is -3.59. The van der Waals surface area contributed by atoms with Gasteiger partial charge >= 0.3 is 11.9 Å². The van der Waals surface area contributed by atoms with Crippen LogP contribution in [0.25, 0.3) is 0 Å². The Morgan fingerprint density at radius 2 is 0.659 bits per heavy atom. The van der Waals surface area contributed by atoms with Crippen LogP contribution < -0.4 is 4.89 Å². The normalized spacial score (nSPS) is 14.0. The quantitative estimate of drug-likeness (QED) is 0.0195. The van der Waals surface area contributed by atoms with E-state index in [1.165, 1.54) is 128 Å². The molecule has 0 N–H and O–H groups in total. The smallest absolute Gasteiger partial charge is 0.306 e. The first-order chi connectivity index (χ1) is 40.0. The molecule has 470 valence electrons. The van der Waals surface area contributed by atoms with Crippen molar-refractivity contribution < 1.29 is 42.1 Å². The summed E-state index contributed by atoms with van der Waals surface area (Å²) < 4.78 is 34.3. The van der Waals surface area contributed by atoms with Crippen LogP contribution in [0.2, 0.25) is 0 Å². The maximum absolute atomic E-state index is 12.9. The van der Waals surface area contributed by atoms with Crippen LogP contribution in [0.5, 0.6) is 0 Å². The second-order valence-electron chi connectivity index (χ2n) is 23.1. The van der Waals surface area contributed by atoms with E-state index in [4.69, 9.17) is 18.5 Å². The first-order valence-corrected chi connectivity index (χ1v) is 34.7. The van der Waals surface area contributed by atoms with E-state index in [-0.39, 0.29) is 32.0 Å². The van der Waals surface area contributed by atoms with Crippen molar-refractivity contribution in [3.8, 4) is 0 Å². The summed E-state index contributed by atoms with van der Waals surface area (Å²) in [6.07, 6.45) is 88.3. The molecule has 0 aromatic heterocycles. The number of hydrogen-bond acceptors (Lipinski definition) is 8. The lowest BCUT2D eigenvalue weighted by molar-refractivity contribution is -0.870. The highest BCUT2D eigenvalue weighted by Crippen LogP contribution is 2.38. The van der Waals surface area contributed by atoms with Crippen LogP contribution in [0.15, 0.2) is 122 Å². The molecule has 0 aliphatic carbocycles. The van der Waals surface area contributed by atoms with Crippen LogP contribution in [-0.4, -0.2) is 70.0 Å². The van der Waals surface area contributed by atoms with Crippen LogP contribution in [0.3, 0.4) is 0 Å². The molecule has 0 aromatic rings. The molecule has 9 nitrogen and oxygen atoms in total. The molecule has 2 atom stereocenters. The summed E-state index contributed by atoms with van der Waals surface area (Å²) in [6.45, 7) is 4.02. The zero-order chi connectivity index (χ0) is 59.8. The van der Waals surface area contributed by atoms with E-state index in [0.29, 0.717) is 17.4 Å². The number of esters is 2. The number of phosphoric ester groups is 1. The lowest BCUT2D eigenvalue weighted by atomic mass is 10.0. The molecule has 0 amide bonds. The summed E-state index contributed by atoms with van der Waals surface area (Å²) in [7, 11) is 1.16. The summed E-state index contributed by atoms with van der Waals surface area (Å²) in [4.78, 5) is 38.0. The van der Waals surface area contributed by atoms with Crippen molar-refractivity contribution >= 4 is 19.8 Å². The van der Waals surface area contributed by atoms with Gasteiger partial charge in [0.15, 0.2) is 6.10 Å². The van der Waals surface area contributed by atoms with Gasteiger partial charge in [0.25, 0.3) is 7.82 Å². The van der Waals surface area contributed by atoms with Crippen LogP contribution in [0, 0.1) is 0 Å². The SMILES string of the molecule is CC/C=C\C/C=C\C/C=C\C/C=C\C/C=C\C/C=C\CCCCCCCCCCCCC(=O)OC(COC(=O)CCCCCCCCCCCCCCCCCC/C=C\C/C=C\C/C=C\C/C=C\CC)COP(=O)([O-])OCC[N+](C)(C)C. The third kappa shape index (κ3) is 65.6. The third-order valence-electron chi connectivity index (χ3n) is 14.0. The van der Waals surface area contributed by atoms with Gasteiger partial charge in [-0.25, -0.2) is 0 Å². The van der Waals surface area contributed by atoms with Crippen molar-refractivity contribution in [2.75, 3.05) is 47.5 Å². The minimum absolute atomic E-state index is 0.0364. The van der Waals surface area contributed by atoms with Gasteiger partial charge in [0.2, 0.25) is 0 Å². The minimum atomic E-state index is -4.65. The Bertz CT molecular complexity index is 1800. The van der Waals surface area contributed by atoms with Crippen molar-refractivity contribution in [2.45, 2.75) is 277 Å². The number of phosphoric acid groups is 1. The van der Waals surface area contributed by atoms with Crippen molar-refractivity contribution in [1.29, 1.82) is 0 Å². The molecule has 0 bridgehead atoms. The first kappa shape index (κ1) is 78.4.